The van der Waals surface area contributed by atoms with E-state index in [0.717, 1.165) is 16.7 Å². The lowest BCUT2D eigenvalue weighted by Crippen LogP contribution is -2.14. The highest BCUT2D eigenvalue weighted by molar-refractivity contribution is 6.08. The molecule has 0 bridgehead atoms. The van der Waals surface area contributed by atoms with Gasteiger partial charge in [0.25, 0.3) is 0 Å². The normalized spacial score (nSPS) is 16.6. The highest BCUT2D eigenvalue weighted by atomic mass is 16.5. The molecule has 7 nitrogen and oxygen atoms in total. The highest BCUT2D eigenvalue weighted by Crippen LogP contribution is 2.54. The van der Waals surface area contributed by atoms with Crippen LogP contribution in [0.2, 0.25) is 0 Å². The number of methoxy groups -OCH3 is 6. The van der Waals surface area contributed by atoms with E-state index in [4.69, 9.17) is 28.4 Å². The maximum Gasteiger partial charge on any atom is 0.171 e. The number of fused-ring (bicyclic) bond motifs is 1. The van der Waals surface area contributed by atoms with Crippen LogP contribution in [0.15, 0.2) is 48.5 Å². The van der Waals surface area contributed by atoms with Crippen molar-refractivity contribution in [3.63, 3.8) is 0 Å². The van der Waals surface area contributed by atoms with Gasteiger partial charge in [-0.15, -0.1) is 0 Å². The molecular formula is C27H28O7. The molecule has 0 amide bonds. The van der Waals surface area contributed by atoms with Gasteiger partial charge in [-0.1, -0.05) is 6.07 Å². The summed E-state index contributed by atoms with van der Waals surface area (Å²) in [5, 5.41) is 0. The van der Waals surface area contributed by atoms with Crippen LogP contribution in [0.1, 0.15) is 38.9 Å². The molecule has 4 rings (SSSR count). The van der Waals surface area contributed by atoms with E-state index in [1.165, 1.54) is 0 Å². The molecule has 0 saturated heterocycles. The number of benzene rings is 3. The van der Waals surface area contributed by atoms with Gasteiger partial charge >= 0.3 is 0 Å². The van der Waals surface area contributed by atoms with Crippen molar-refractivity contribution in [1.82, 2.24) is 0 Å². The number of rotatable bonds is 8. The number of ketones is 1. The third-order valence-corrected chi connectivity index (χ3v) is 6.27. The quantitative estimate of drug-likeness (QED) is 0.472. The van der Waals surface area contributed by atoms with Gasteiger partial charge in [0.05, 0.1) is 48.6 Å². The van der Waals surface area contributed by atoms with E-state index in [0.29, 0.717) is 40.1 Å². The van der Waals surface area contributed by atoms with Gasteiger partial charge in [-0.05, 0) is 29.8 Å². The topological polar surface area (TPSA) is 72.5 Å². The van der Waals surface area contributed by atoms with Gasteiger partial charge in [-0.3, -0.25) is 4.79 Å². The summed E-state index contributed by atoms with van der Waals surface area (Å²) in [4.78, 5) is 14.0. The first-order valence-corrected chi connectivity index (χ1v) is 10.7. The Kier molecular flexibility index (Phi) is 6.54. The van der Waals surface area contributed by atoms with Crippen molar-refractivity contribution in [3.8, 4) is 34.5 Å². The second-order valence-corrected chi connectivity index (χ2v) is 7.86. The Labute approximate surface area is 199 Å². The SMILES string of the molecule is COc1cc(OC)cc(C2C(=O)c3cc(OC)cc(OC)c3[C@@H]2c2ccc(OC)cc2OC)c1. The molecule has 3 aromatic rings. The van der Waals surface area contributed by atoms with E-state index < -0.39 is 5.92 Å². The largest absolute Gasteiger partial charge is 0.497 e. The summed E-state index contributed by atoms with van der Waals surface area (Å²) >= 11 is 0. The first-order chi connectivity index (χ1) is 16.5. The summed E-state index contributed by atoms with van der Waals surface area (Å²) in [6, 6.07) is 14.7. The Morgan fingerprint density at radius 1 is 0.559 bits per heavy atom. The van der Waals surface area contributed by atoms with Crippen molar-refractivity contribution in [2.75, 3.05) is 42.7 Å². The number of hydrogen-bond acceptors (Lipinski definition) is 7. The molecule has 0 N–H and O–H groups in total. The van der Waals surface area contributed by atoms with Crippen molar-refractivity contribution in [2.45, 2.75) is 11.8 Å². The van der Waals surface area contributed by atoms with E-state index in [-0.39, 0.29) is 11.7 Å². The van der Waals surface area contributed by atoms with Crippen LogP contribution in [-0.2, 0) is 0 Å². The van der Waals surface area contributed by atoms with Crippen LogP contribution in [0.3, 0.4) is 0 Å². The summed E-state index contributed by atoms with van der Waals surface area (Å²) in [6.07, 6.45) is 0. The number of ether oxygens (including phenoxy) is 6. The summed E-state index contributed by atoms with van der Waals surface area (Å²) in [6.45, 7) is 0. The number of Topliss-reactive ketones (excluding diaryl/α,β-unsaturated/α-hetero) is 1. The summed E-state index contributed by atoms with van der Waals surface area (Å²) < 4.78 is 33.3. The molecule has 0 aliphatic heterocycles. The van der Waals surface area contributed by atoms with Gasteiger partial charge in [0, 0.05) is 40.8 Å². The van der Waals surface area contributed by atoms with Crippen LogP contribution in [-0.4, -0.2) is 48.4 Å². The molecule has 0 heterocycles. The number of carbonyl (C=O) groups is 1. The molecule has 7 heteroatoms. The standard InChI is InChI=1S/C27H28O7/c1-29-16-7-8-20(22(13-16)33-5)26-24(15-9-17(30-2)11-18(10-15)31-3)27(28)21-12-19(32-4)14-23(34-6)25(21)26/h7-14,24,26H,1-6H3/t24?,26-/m1/s1. The fourth-order valence-corrected chi connectivity index (χ4v) is 4.66. The Balaban J connectivity index is 2.02. The van der Waals surface area contributed by atoms with Crippen LogP contribution < -0.4 is 28.4 Å². The van der Waals surface area contributed by atoms with Crippen molar-refractivity contribution in [1.29, 1.82) is 0 Å². The fraction of sp³-hybridized carbons (Fsp3) is 0.296. The second kappa shape index (κ2) is 9.55. The number of carbonyl (C=O) groups excluding carboxylic acids is 1. The Morgan fingerprint density at radius 3 is 1.68 bits per heavy atom. The van der Waals surface area contributed by atoms with E-state index in [9.17, 15) is 4.79 Å². The van der Waals surface area contributed by atoms with Crippen LogP contribution >= 0.6 is 0 Å². The van der Waals surface area contributed by atoms with Gasteiger partial charge in [0.2, 0.25) is 0 Å². The summed E-state index contributed by atoms with van der Waals surface area (Å²) in [5.41, 5.74) is 2.93. The Morgan fingerprint density at radius 2 is 1.12 bits per heavy atom. The predicted molar refractivity (Wildman–Crippen MR) is 128 cm³/mol. The molecule has 0 aromatic heterocycles. The van der Waals surface area contributed by atoms with Crippen molar-refractivity contribution < 1.29 is 33.2 Å². The zero-order chi connectivity index (χ0) is 24.4. The van der Waals surface area contributed by atoms with Gasteiger partial charge in [0.1, 0.15) is 34.5 Å². The van der Waals surface area contributed by atoms with E-state index in [1.807, 2.05) is 30.3 Å². The minimum Gasteiger partial charge on any atom is -0.497 e. The predicted octanol–water partition coefficient (Wildman–Crippen LogP) is 4.85. The Bertz CT molecular complexity index is 1200. The third kappa shape index (κ3) is 3.87. The first-order valence-electron chi connectivity index (χ1n) is 10.7. The molecule has 3 aromatic carbocycles. The summed E-state index contributed by atoms with van der Waals surface area (Å²) in [5.74, 6) is 2.59. The third-order valence-electron chi connectivity index (χ3n) is 6.27. The second-order valence-electron chi connectivity index (χ2n) is 7.86. The number of hydrogen-bond donors (Lipinski definition) is 0. The van der Waals surface area contributed by atoms with E-state index >= 15 is 0 Å². The molecule has 0 saturated carbocycles. The van der Waals surface area contributed by atoms with E-state index in [2.05, 4.69) is 0 Å². The molecule has 1 aliphatic rings. The zero-order valence-electron chi connectivity index (χ0n) is 20.1. The van der Waals surface area contributed by atoms with Crippen LogP contribution in [0.5, 0.6) is 34.5 Å². The molecular weight excluding hydrogens is 436 g/mol. The fourth-order valence-electron chi connectivity index (χ4n) is 4.66. The molecule has 178 valence electrons. The summed E-state index contributed by atoms with van der Waals surface area (Å²) in [7, 11) is 9.52. The lowest BCUT2D eigenvalue weighted by atomic mass is 9.80. The maximum atomic E-state index is 14.0. The van der Waals surface area contributed by atoms with Gasteiger partial charge in [-0.2, -0.15) is 0 Å². The van der Waals surface area contributed by atoms with Gasteiger partial charge in [0.15, 0.2) is 5.78 Å². The lowest BCUT2D eigenvalue weighted by molar-refractivity contribution is 0.0967. The average molecular weight is 465 g/mol. The minimum atomic E-state index is -0.567. The van der Waals surface area contributed by atoms with Crippen molar-refractivity contribution >= 4 is 5.78 Å². The first kappa shape index (κ1) is 23.3. The Hall–Kier alpha value is -3.87. The van der Waals surface area contributed by atoms with Crippen molar-refractivity contribution in [3.05, 3.63) is 70.8 Å². The molecule has 0 spiro atoms. The molecule has 0 fully saturated rings. The molecule has 2 atom stereocenters. The molecule has 1 aliphatic carbocycles. The van der Waals surface area contributed by atoms with Gasteiger partial charge in [-0.25, -0.2) is 0 Å². The monoisotopic (exact) mass is 464 g/mol. The zero-order valence-corrected chi connectivity index (χ0v) is 20.1. The maximum absolute atomic E-state index is 14.0. The van der Waals surface area contributed by atoms with Gasteiger partial charge < -0.3 is 28.4 Å². The lowest BCUT2D eigenvalue weighted by Gasteiger charge is -2.24. The van der Waals surface area contributed by atoms with Crippen LogP contribution in [0.4, 0.5) is 0 Å². The molecule has 1 unspecified atom stereocenters. The minimum absolute atomic E-state index is 0.0506. The van der Waals surface area contributed by atoms with Crippen molar-refractivity contribution in [2.24, 2.45) is 0 Å². The smallest absolute Gasteiger partial charge is 0.171 e. The molecule has 0 radical (unpaired) electrons. The molecule has 34 heavy (non-hydrogen) atoms. The average Bonchev–Trinajstić information content (AvgIpc) is 3.19. The van der Waals surface area contributed by atoms with Crippen LogP contribution in [0.25, 0.3) is 0 Å². The van der Waals surface area contributed by atoms with E-state index in [1.54, 1.807) is 60.9 Å². The highest BCUT2D eigenvalue weighted by Gasteiger charge is 2.45. The van der Waals surface area contributed by atoms with Crippen LogP contribution in [0, 0.1) is 0 Å².